The summed E-state index contributed by atoms with van der Waals surface area (Å²) in [5.41, 5.74) is 6.62. The van der Waals surface area contributed by atoms with E-state index < -0.39 is 5.41 Å². The van der Waals surface area contributed by atoms with Crippen LogP contribution in [0.1, 0.15) is 31.9 Å². The number of amides is 1. The minimum Gasteiger partial charge on any atom is -0.333 e. The Kier molecular flexibility index (Phi) is 5.01. The smallest absolute Gasteiger partial charge is 0.230 e. The average molecular weight is 289 g/mol. The molecule has 1 aliphatic heterocycles. The van der Waals surface area contributed by atoms with Gasteiger partial charge in [0.05, 0.1) is 11.5 Å². The van der Waals surface area contributed by atoms with Crippen molar-refractivity contribution in [2.45, 2.75) is 26.3 Å². The molecule has 1 aromatic carbocycles. The molecule has 4 nitrogen and oxygen atoms in total. The van der Waals surface area contributed by atoms with Crippen LogP contribution in [0.15, 0.2) is 30.3 Å². The average Bonchev–Trinajstić information content (AvgIpc) is 2.54. The van der Waals surface area contributed by atoms with E-state index in [9.17, 15) is 4.79 Å². The van der Waals surface area contributed by atoms with Crippen molar-refractivity contribution in [1.29, 1.82) is 0 Å². The van der Waals surface area contributed by atoms with Gasteiger partial charge < -0.3 is 15.5 Å². The highest BCUT2D eigenvalue weighted by Crippen LogP contribution is 2.31. The van der Waals surface area contributed by atoms with Crippen LogP contribution in [0, 0.1) is 5.41 Å². The fourth-order valence-corrected chi connectivity index (χ4v) is 2.85. The summed E-state index contributed by atoms with van der Waals surface area (Å²) in [6, 6.07) is 10.4. The van der Waals surface area contributed by atoms with Crippen LogP contribution < -0.4 is 5.73 Å². The lowest BCUT2D eigenvalue weighted by molar-refractivity contribution is -0.146. The van der Waals surface area contributed by atoms with Crippen molar-refractivity contribution >= 4 is 5.91 Å². The predicted octanol–water partition coefficient (Wildman–Crippen LogP) is 1.88. The first-order valence-corrected chi connectivity index (χ1v) is 7.76. The first-order chi connectivity index (χ1) is 10.0. The van der Waals surface area contributed by atoms with Crippen molar-refractivity contribution < 1.29 is 4.79 Å². The van der Waals surface area contributed by atoms with Crippen molar-refractivity contribution in [2.24, 2.45) is 11.1 Å². The predicted molar refractivity (Wildman–Crippen MR) is 85.8 cm³/mol. The number of nitrogens with zero attached hydrogens (tertiary/aromatic N) is 2. The third-order valence-corrected chi connectivity index (χ3v) is 4.78. The lowest BCUT2D eigenvalue weighted by Crippen LogP contribution is -2.54. The zero-order valence-electron chi connectivity index (χ0n) is 13.4. The number of piperazine rings is 1. The number of carbonyl (C=O) groups is 1. The van der Waals surface area contributed by atoms with E-state index in [1.807, 2.05) is 36.9 Å². The molecule has 2 atom stereocenters. The van der Waals surface area contributed by atoms with Crippen LogP contribution in [-0.2, 0) is 4.79 Å². The standard InChI is InChI=1S/C17H27N3O/c1-4-17(2,13-18)16(21)20-11-10-19(3)12-15(20)14-8-6-5-7-9-14/h5-9,15H,4,10-13,18H2,1-3H3. The van der Waals surface area contributed by atoms with Crippen LogP contribution >= 0.6 is 0 Å². The molecule has 1 saturated heterocycles. The van der Waals surface area contributed by atoms with E-state index >= 15 is 0 Å². The van der Waals surface area contributed by atoms with Gasteiger partial charge >= 0.3 is 0 Å². The molecular weight excluding hydrogens is 262 g/mol. The maximum Gasteiger partial charge on any atom is 0.230 e. The highest BCUT2D eigenvalue weighted by atomic mass is 16.2. The molecule has 0 radical (unpaired) electrons. The molecule has 1 aromatic rings. The Morgan fingerprint density at radius 1 is 1.33 bits per heavy atom. The Morgan fingerprint density at radius 3 is 2.57 bits per heavy atom. The molecule has 2 unspecified atom stereocenters. The van der Waals surface area contributed by atoms with Gasteiger partial charge in [-0.15, -0.1) is 0 Å². The van der Waals surface area contributed by atoms with Gasteiger partial charge in [0.25, 0.3) is 0 Å². The van der Waals surface area contributed by atoms with Gasteiger partial charge in [-0.05, 0) is 26.0 Å². The maximum absolute atomic E-state index is 13.0. The highest BCUT2D eigenvalue weighted by Gasteiger charge is 2.39. The number of benzene rings is 1. The SMILES string of the molecule is CCC(C)(CN)C(=O)N1CCN(C)CC1c1ccccc1. The molecule has 2 rings (SSSR count). The first kappa shape index (κ1) is 16.0. The van der Waals surface area contributed by atoms with E-state index in [2.05, 4.69) is 24.1 Å². The molecule has 4 heteroatoms. The van der Waals surface area contributed by atoms with Crippen LogP contribution in [0.3, 0.4) is 0 Å². The molecule has 0 aliphatic carbocycles. The molecule has 21 heavy (non-hydrogen) atoms. The molecule has 0 bridgehead atoms. The number of carbonyl (C=O) groups excluding carboxylic acids is 1. The summed E-state index contributed by atoms with van der Waals surface area (Å²) in [4.78, 5) is 17.3. The van der Waals surface area contributed by atoms with Crippen molar-refractivity contribution in [3.63, 3.8) is 0 Å². The first-order valence-electron chi connectivity index (χ1n) is 7.76. The van der Waals surface area contributed by atoms with Gasteiger partial charge in [0, 0.05) is 26.2 Å². The van der Waals surface area contributed by atoms with Gasteiger partial charge in [-0.3, -0.25) is 4.79 Å². The van der Waals surface area contributed by atoms with Gasteiger partial charge in [-0.25, -0.2) is 0 Å². The summed E-state index contributed by atoms with van der Waals surface area (Å²) < 4.78 is 0. The van der Waals surface area contributed by atoms with E-state index in [1.165, 1.54) is 5.56 Å². The molecule has 0 aromatic heterocycles. The zero-order chi connectivity index (χ0) is 15.5. The van der Waals surface area contributed by atoms with Crippen LogP contribution in [0.5, 0.6) is 0 Å². The second-order valence-electron chi connectivity index (χ2n) is 6.31. The fraction of sp³-hybridized carbons (Fsp3) is 0.588. The number of hydrogen-bond acceptors (Lipinski definition) is 3. The van der Waals surface area contributed by atoms with Gasteiger partial charge in [-0.2, -0.15) is 0 Å². The van der Waals surface area contributed by atoms with Crippen molar-refractivity contribution in [1.82, 2.24) is 9.80 Å². The third kappa shape index (κ3) is 3.27. The summed E-state index contributed by atoms with van der Waals surface area (Å²) in [6.45, 7) is 6.98. The lowest BCUT2D eigenvalue weighted by atomic mass is 9.84. The minimum absolute atomic E-state index is 0.120. The van der Waals surface area contributed by atoms with Crippen LogP contribution in [0.2, 0.25) is 0 Å². The highest BCUT2D eigenvalue weighted by molar-refractivity contribution is 5.83. The van der Waals surface area contributed by atoms with Crippen LogP contribution in [0.25, 0.3) is 0 Å². The van der Waals surface area contributed by atoms with Crippen LogP contribution in [0.4, 0.5) is 0 Å². The normalized spacial score (nSPS) is 22.9. The molecule has 1 aliphatic rings. The van der Waals surface area contributed by atoms with Gasteiger partial charge in [-0.1, -0.05) is 37.3 Å². The molecular formula is C17H27N3O. The van der Waals surface area contributed by atoms with E-state index in [0.29, 0.717) is 6.54 Å². The quantitative estimate of drug-likeness (QED) is 0.920. The lowest BCUT2D eigenvalue weighted by Gasteiger charge is -2.44. The molecule has 1 heterocycles. The van der Waals surface area contributed by atoms with Crippen molar-refractivity contribution in [3.05, 3.63) is 35.9 Å². The molecule has 0 saturated carbocycles. The minimum atomic E-state index is -0.455. The number of hydrogen-bond donors (Lipinski definition) is 1. The molecule has 0 spiro atoms. The Bertz CT molecular complexity index is 470. The summed E-state index contributed by atoms with van der Waals surface area (Å²) in [7, 11) is 2.11. The monoisotopic (exact) mass is 289 g/mol. The second-order valence-corrected chi connectivity index (χ2v) is 6.31. The molecule has 1 fully saturated rings. The molecule has 2 N–H and O–H groups in total. The third-order valence-electron chi connectivity index (χ3n) is 4.78. The fourth-order valence-electron chi connectivity index (χ4n) is 2.85. The summed E-state index contributed by atoms with van der Waals surface area (Å²) in [5.74, 6) is 0.189. The Balaban J connectivity index is 2.29. The van der Waals surface area contributed by atoms with Crippen molar-refractivity contribution in [3.8, 4) is 0 Å². The van der Waals surface area contributed by atoms with Gasteiger partial charge in [0.15, 0.2) is 0 Å². The van der Waals surface area contributed by atoms with Crippen molar-refractivity contribution in [2.75, 3.05) is 33.2 Å². The summed E-state index contributed by atoms with van der Waals surface area (Å²) >= 11 is 0. The largest absolute Gasteiger partial charge is 0.333 e. The molecule has 116 valence electrons. The molecule has 1 amide bonds. The zero-order valence-corrected chi connectivity index (χ0v) is 13.4. The number of likely N-dealkylation sites (N-methyl/N-ethyl adjacent to an activating group) is 1. The van der Waals surface area contributed by atoms with E-state index in [0.717, 1.165) is 26.1 Å². The number of rotatable bonds is 4. The number of nitrogens with two attached hydrogens (primary N) is 1. The summed E-state index contributed by atoms with van der Waals surface area (Å²) in [6.07, 6.45) is 0.774. The second kappa shape index (κ2) is 6.58. The van der Waals surface area contributed by atoms with E-state index in [4.69, 9.17) is 5.73 Å². The maximum atomic E-state index is 13.0. The Morgan fingerprint density at radius 2 is 2.00 bits per heavy atom. The summed E-state index contributed by atoms with van der Waals surface area (Å²) in [5, 5.41) is 0. The van der Waals surface area contributed by atoms with Gasteiger partial charge in [0.2, 0.25) is 5.91 Å². The van der Waals surface area contributed by atoms with Gasteiger partial charge in [0.1, 0.15) is 0 Å². The van der Waals surface area contributed by atoms with E-state index in [-0.39, 0.29) is 11.9 Å². The van der Waals surface area contributed by atoms with Crippen LogP contribution in [-0.4, -0.2) is 48.9 Å². The topological polar surface area (TPSA) is 49.6 Å². The Labute approximate surface area is 127 Å². The Hall–Kier alpha value is -1.39. The van der Waals surface area contributed by atoms with E-state index in [1.54, 1.807) is 0 Å².